The normalized spacial score (nSPS) is 13.5. The van der Waals surface area contributed by atoms with Crippen LogP contribution >= 0.6 is 23.4 Å². The molecule has 0 spiro atoms. The summed E-state index contributed by atoms with van der Waals surface area (Å²) in [5.74, 6) is -0.578. The maximum Gasteiger partial charge on any atom is 0.446 e. The predicted molar refractivity (Wildman–Crippen MR) is 62.4 cm³/mol. The van der Waals surface area contributed by atoms with E-state index < -0.39 is 16.7 Å². The van der Waals surface area contributed by atoms with E-state index in [4.69, 9.17) is 17.3 Å². The number of benzene rings is 1. The van der Waals surface area contributed by atoms with Crippen molar-refractivity contribution in [3.8, 4) is 0 Å². The number of nitrogens with two attached hydrogens (primary N) is 1. The molecule has 17 heavy (non-hydrogen) atoms. The van der Waals surface area contributed by atoms with Gasteiger partial charge in [-0.15, -0.1) is 11.6 Å². The summed E-state index contributed by atoms with van der Waals surface area (Å²) < 4.78 is 36.8. The smallest absolute Gasteiger partial charge is 0.399 e. The van der Waals surface area contributed by atoms with Crippen LogP contribution in [0.15, 0.2) is 23.1 Å². The number of nitrogen functional groups attached to an aromatic ring is 1. The predicted octanol–water partition coefficient (Wildman–Crippen LogP) is 3.69. The third-order valence-electron chi connectivity index (χ3n) is 1.86. The molecule has 1 rings (SSSR count). The number of hydrogen-bond donors (Lipinski definition) is 1. The van der Waals surface area contributed by atoms with E-state index in [-0.39, 0.29) is 27.9 Å². The van der Waals surface area contributed by atoms with E-state index in [1.165, 1.54) is 25.1 Å². The molecule has 7 heteroatoms. The van der Waals surface area contributed by atoms with E-state index in [0.29, 0.717) is 0 Å². The summed E-state index contributed by atoms with van der Waals surface area (Å²) in [6.07, 6.45) is 0. The number of halogens is 4. The van der Waals surface area contributed by atoms with Gasteiger partial charge in [0, 0.05) is 16.1 Å². The molecule has 0 aliphatic carbocycles. The Balaban J connectivity index is 3.17. The van der Waals surface area contributed by atoms with Gasteiger partial charge in [-0.3, -0.25) is 4.79 Å². The molecule has 2 nitrogen and oxygen atoms in total. The summed E-state index contributed by atoms with van der Waals surface area (Å²) in [6.45, 7) is 1.40. The van der Waals surface area contributed by atoms with E-state index in [1.807, 2.05) is 0 Å². The van der Waals surface area contributed by atoms with Crippen LogP contribution in [0.2, 0.25) is 0 Å². The van der Waals surface area contributed by atoms with Crippen molar-refractivity contribution in [1.29, 1.82) is 0 Å². The molecule has 2 N–H and O–H groups in total. The van der Waals surface area contributed by atoms with E-state index in [2.05, 4.69) is 0 Å². The number of hydrogen-bond acceptors (Lipinski definition) is 3. The Morgan fingerprint density at radius 1 is 1.47 bits per heavy atom. The standard InChI is InChI=1S/C10H9ClF3NOS/c1-5(11)9(16)7-4-6(15)2-3-8(7)17-10(12,13)14/h2-5H,15H2,1H3. The van der Waals surface area contributed by atoms with Gasteiger partial charge >= 0.3 is 5.51 Å². The number of rotatable bonds is 3. The number of Topliss-reactive ketones (excluding diaryl/α,β-unsaturated/α-hetero) is 1. The number of anilines is 1. The molecule has 0 bridgehead atoms. The third kappa shape index (κ3) is 4.12. The van der Waals surface area contributed by atoms with E-state index in [9.17, 15) is 18.0 Å². The molecule has 1 aromatic carbocycles. The van der Waals surface area contributed by atoms with Crippen LogP contribution in [-0.2, 0) is 0 Å². The summed E-state index contributed by atoms with van der Waals surface area (Å²) in [6, 6.07) is 3.68. The van der Waals surface area contributed by atoms with Gasteiger partial charge in [-0.05, 0) is 36.9 Å². The van der Waals surface area contributed by atoms with Crippen molar-refractivity contribution in [3.05, 3.63) is 23.8 Å². The van der Waals surface area contributed by atoms with Crippen LogP contribution in [0.3, 0.4) is 0 Å². The molecule has 0 fully saturated rings. The van der Waals surface area contributed by atoms with Crippen LogP contribution in [0.25, 0.3) is 0 Å². The second kappa shape index (κ2) is 5.18. The van der Waals surface area contributed by atoms with E-state index in [1.54, 1.807) is 0 Å². The zero-order valence-electron chi connectivity index (χ0n) is 8.72. The fourth-order valence-electron chi connectivity index (χ4n) is 1.17. The van der Waals surface area contributed by atoms with Gasteiger partial charge in [0.2, 0.25) is 0 Å². The van der Waals surface area contributed by atoms with Gasteiger partial charge in [0.05, 0.1) is 5.38 Å². The van der Waals surface area contributed by atoms with Gasteiger partial charge < -0.3 is 5.73 Å². The minimum Gasteiger partial charge on any atom is -0.399 e. The highest BCUT2D eigenvalue weighted by molar-refractivity contribution is 8.00. The van der Waals surface area contributed by atoms with Gasteiger partial charge in [-0.1, -0.05) is 0 Å². The highest BCUT2D eigenvalue weighted by Gasteiger charge is 2.31. The average molecular weight is 284 g/mol. The second-order valence-corrected chi connectivity index (χ2v) is 5.05. The van der Waals surface area contributed by atoms with Gasteiger partial charge in [-0.25, -0.2) is 0 Å². The number of carbonyl (C=O) groups excluding carboxylic acids is 1. The molecule has 1 aromatic rings. The monoisotopic (exact) mass is 283 g/mol. The molecule has 0 saturated heterocycles. The molecule has 0 saturated carbocycles. The molecule has 0 aliphatic heterocycles. The molecule has 0 radical (unpaired) electrons. The second-order valence-electron chi connectivity index (χ2n) is 3.28. The van der Waals surface area contributed by atoms with E-state index >= 15 is 0 Å². The van der Waals surface area contributed by atoms with Crippen LogP contribution in [0.1, 0.15) is 17.3 Å². The zero-order chi connectivity index (χ0) is 13.2. The first-order valence-corrected chi connectivity index (χ1v) is 5.79. The first kappa shape index (κ1) is 14.2. The Hall–Kier alpha value is -0.880. The van der Waals surface area contributed by atoms with Gasteiger partial charge in [0.1, 0.15) is 0 Å². The van der Waals surface area contributed by atoms with Crippen molar-refractivity contribution in [2.75, 3.05) is 5.73 Å². The topological polar surface area (TPSA) is 43.1 Å². The quantitative estimate of drug-likeness (QED) is 0.398. The summed E-state index contributed by atoms with van der Waals surface area (Å²) >= 11 is 5.22. The van der Waals surface area contributed by atoms with Gasteiger partial charge in [0.15, 0.2) is 5.78 Å². The minimum atomic E-state index is -4.46. The van der Waals surface area contributed by atoms with Crippen molar-refractivity contribution >= 4 is 34.8 Å². The third-order valence-corrected chi connectivity index (χ3v) is 2.86. The SMILES string of the molecule is CC(Cl)C(=O)c1cc(N)ccc1SC(F)(F)F. The highest BCUT2D eigenvalue weighted by atomic mass is 35.5. The minimum absolute atomic E-state index is 0.102. The number of carbonyl (C=O) groups is 1. The first-order valence-electron chi connectivity index (χ1n) is 4.54. The van der Waals surface area contributed by atoms with Crippen molar-refractivity contribution in [1.82, 2.24) is 0 Å². The fraction of sp³-hybridized carbons (Fsp3) is 0.300. The summed E-state index contributed by atoms with van der Waals surface area (Å²) in [5.41, 5.74) is 1.10. The summed E-state index contributed by atoms with van der Waals surface area (Å²) in [5, 5.41) is -0.899. The molecular formula is C10H9ClF3NOS. The lowest BCUT2D eigenvalue weighted by atomic mass is 10.1. The maximum absolute atomic E-state index is 12.3. The molecule has 0 heterocycles. The van der Waals surface area contributed by atoms with E-state index in [0.717, 1.165) is 0 Å². The van der Waals surface area contributed by atoms with Crippen molar-refractivity contribution < 1.29 is 18.0 Å². The van der Waals surface area contributed by atoms with Gasteiger partial charge in [0.25, 0.3) is 0 Å². The fourth-order valence-corrected chi connectivity index (χ4v) is 1.94. The van der Waals surface area contributed by atoms with Crippen molar-refractivity contribution in [3.63, 3.8) is 0 Å². The summed E-state index contributed by atoms with van der Waals surface area (Å²) in [7, 11) is 0. The summed E-state index contributed by atoms with van der Waals surface area (Å²) in [4.78, 5) is 11.4. The molecule has 94 valence electrons. The van der Waals surface area contributed by atoms with Crippen LogP contribution in [0.4, 0.5) is 18.9 Å². The Kier molecular flexibility index (Phi) is 4.32. The molecule has 0 aliphatic rings. The molecule has 1 atom stereocenters. The average Bonchev–Trinajstić information content (AvgIpc) is 2.17. The Morgan fingerprint density at radius 2 is 2.06 bits per heavy atom. The maximum atomic E-state index is 12.3. The lowest BCUT2D eigenvalue weighted by molar-refractivity contribution is -0.0328. The Labute approximate surface area is 105 Å². The van der Waals surface area contributed by atoms with Gasteiger partial charge in [-0.2, -0.15) is 13.2 Å². The molecular weight excluding hydrogens is 275 g/mol. The lowest BCUT2D eigenvalue weighted by Crippen LogP contribution is -2.13. The van der Waals surface area contributed by atoms with Crippen LogP contribution in [-0.4, -0.2) is 16.7 Å². The zero-order valence-corrected chi connectivity index (χ0v) is 10.3. The number of thioether (sulfide) groups is 1. The van der Waals surface area contributed by atoms with Crippen LogP contribution in [0, 0.1) is 0 Å². The van der Waals surface area contributed by atoms with Crippen molar-refractivity contribution in [2.24, 2.45) is 0 Å². The lowest BCUT2D eigenvalue weighted by Gasteiger charge is -2.12. The largest absolute Gasteiger partial charge is 0.446 e. The Morgan fingerprint density at radius 3 is 2.53 bits per heavy atom. The number of ketones is 1. The number of alkyl halides is 4. The first-order chi connectivity index (χ1) is 7.70. The highest BCUT2D eigenvalue weighted by Crippen LogP contribution is 2.39. The van der Waals surface area contributed by atoms with Crippen LogP contribution < -0.4 is 5.73 Å². The Bertz CT molecular complexity index is 434. The molecule has 0 aromatic heterocycles. The van der Waals surface area contributed by atoms with Crippen LogP contribution in [0.5, 0.6) is 0 Å². The van der Waals surface area contributed by atoms with Crippen molar-refractivity contribution in [2.45, 2.75) is 22.7 Å². The molecule has 1 unspecified atom stereocenters. The molecule has 0 amide bonds.